The van der Waals surface area contributed by atoms with Gasteiger partial charge in [-0.2, -0.15) is 0 Å². The highest BCUT2D eigenvalue weighted by Crippen LogP contribution is 2.23. The molecule has 0 nitrogen and oxygen atoms in total. The van der Waals surface area contributed by atoms with E-state index >= 15 is 0 Å². The van der Waals surface area contributed by atoms with E-state index in [1.165, 1.54) is 11.1 Å². The van der Waals surface area contributed by atoms with Gasteiger partial charge >= 0.3 is 0 Å². The van der Waals surface area contributed by atoms with Crippen molar-refractivity contribution in [2.75, 3.05) is 0 Å². The monoisotopic (exact) mass is 214 g/mol. The van der Waals surface area contributed by atoms with Crippen molar-refractivity contribution in [3.05, 3.63) is 46.0 Å². The highest BCUT2D eigenvalue weighted by molar-refractivity contribution is 6.42. The van der Waals surface area contributed by atoms with Crippen molar-refractivity contribution in [3.63, 3.8) is 0 Å². The number of rotatable bonds is 3. The van der Waals surface area contributed by atoms with Crippen LogP contribution in [-0.2, 0) is 6.42 Å². The van der Waals surface area contributed by atoms with Crippen LogP contribution in [0.25, 0.3) is 0 Å². The predicted molar refractivity (Wildman–Crippen MR) is 59.6 cm³/mol. The van der Waals surface area contributed by atoms with Crippen LogP contribution in [-0.4, -0.2) is 0 Å². The standard InChI is InChI=1S/C11H12Cl2/c1-8(2)3-4-9-5-6-10(12)11(13)7-9/h5-7H,1,3-4H2,2H3. The molecule has 2 heteroatoms. The van der Waals surface area contributed by atoms with E-state index in [2.05, 4.69) is 6.58 Å². The normalized spacial score (nSPS) is 10.1. The molecule has 0 spiro atoms. The Morgan fingerprint density at radius 2 is 2.00 bits per heavy atom. The summed E-state index contributed by atoms with van der Waals surface area (Å²) in [5.74, 6) is 0. The fraction of sp³-hybridized carbons (Fsp3) is 0.273. The van der Waals surface area contributed by atoms with Gasteiger partial charge in [-0.05, 0) is 37.5 Å². The Morgan fingerprint density at radius 3 is 2.54 bits per heavy atom. The van der Waals surface area contributed by atoms with Crippen molar-refractivity contribution in [2.24, 2.45) is 0 Å². The lowest BCUT2D eigenvalue weighted by Gasteiger charge is -2.02. The van der Waals surface area contributed by atoms with Crippen molar-refractivity contribution < 1.29 is 0 Å². The maximum Gasteiger partial charge on any atom is 0.0595 e. The molecule has 1 rings (SSSR count). The Kier molecular flexibility index (Phi) is 3.83. The third kappa shape index (κ3) is 3.41. The summed E-state index contributed by atoms with van der Waals surface area (Å²) in [5, 5.41) is 1.24. The van der Waals surface area contributed by atoms with E-state index in [9.17, 15) is 0 Å². The first-order valence-electron chi connectivity index (χ1n) is 4.18. The van der Waals surface area contributed by atoms with Crippen molar-refractivity contribution in [1.29, 1.82) is 0 Å². The number of hydrogen-bond acceptors (Lipinski definition) is 0. The quantitative estimate of drug-likeness (QED) is 0.651. The summed E-state index contributed by atoms with van der Waals surface area (Å²) in [5.41, 5.74) is 2.39. The molecule has 0 unspecified atom stereocenters. The highest BCUT2D eigenvalue weighted by atomic mass is 35.5. The molecule has 0 aliphatic carbocycles. The first kappa shape index (κ1) is 10.6. The van der Waals surface area contributed by atoms with Gasteiger partial charge in [-0.3, -0.25) is 0 Å². The van der Waals surface area contributed by atoms with Crippen LogP contribution < -0.4 is 0 Å². The van der Waals surface area contributed by atoms with Crippen LogP contribution >= 0.6 is 23.2 Å². The molecule has 0 N–H and O–H groups in total. The van der Waals surface area contributed by atoms with Crippen LogP contribution in [0.15, 0.2) is 30.4 Å². The summed E-state index contributed by atoms with van der Waals surface area (Å²) in [4.78, 5) is 0. The number of aryl methyl sites for hydroxylation is 1. The molecule has 0 amide bonds. The van der Waals surface area contributed by atoms with Gasteiger partial charge in [0.25, 0.3) is 0 Å². The second-order valence-electron chi connectivity index (χ2n) is 3.21. The number of hydrogen-bond donors (Lipinski definition) is 0. The Morgan fingerprint density at radius 1 is 1.31 bits per heavy atom. The summed E-state index contributed by atoms with van der Waals surface area (Å²) in [6.45, 7) is 5.88. The Balaban J connectivity index is 2.68. The van der Waals surface area contributed by atoms with Gasteiger partial charge in [0.2, 0.25) is 0 Å². The van der Waals surface area contributed by atoms with Crippen LogP contribution in [0.3, 0.4) is 0 Å². The Bertz CT molecular complexity index is 316. The van der Waals surface area contributed by atoms with E-state index in [1.54, 1.807) is 0 Å². The van der Waals surface area contributed by atoms with Gasteiger partial charge in [0.1, 0.15) is 0 Å². The van der Waals surface area contributed by atoms with Crippen LogP contribution in [0.1, 0.15) is 18.9 Å². The molecule has 0 fully saturated rings. The van der Waals surface area contributed by atoms with Crippen LogP contribution in [0.5, 0.6) is 0 Å². The van der Waals surface area contributed by atoms with Crippen LogP contribution in [0, 0.1) is 0 Å². The van der Waals surface area contributed by atoms with E-state index in [-0.39, 0.29) is 0 Å². The summed E-state index contributed by atoms with van der Waals surface area (Å²) in [6.07, 6.45) is 1.98. The fourth-order valence-electron chi connectivity index (χ4n) is 1.05. The van der Waals surface area contributed by atoms with Crippen LogP contribution in [0.4, 0.5) is 0 Å². The fourth-order valence-corrected chi connectivity index (χ4v) is 1.37. The number of halogens is 2. The lowest BCUT2D eigenvalue weighted by molar-refractivity contribution is 0.946. The van der Waals surface area contributed by atoms with Gasteiger partial charge in [0.15, 0.2) is 0 Å². The number of allylic oxidation sites excluding steroid dienone is 1. The molecule has 0 saturated heterocycles. The first-order valence-corrected chi connectivity index (χ1v) is 4.93. The summed E-state index contributed by atoms with van der Waals surface area (Å²) >= 11 is 11.7. The van der Waals surface area contributed by atoms with E-state index < -0.39 is 0 Å². The van der Waals surface area contributed by atoms with E-state index in [0.717, 1.165) is 12.8 Å². The van der Waals surface area contributed by atoms with Gasteiger partial charge in [0.05, 0.1) is 10.0 Å². The molecular weight excluding hydrogens is 203 g/mol. The van der Waals surface area contributed by atoms with Gasteiger partial charge in [-0.25, -0.2) is 0 Å². The predicted octanol–water partition coefficient (Wildman–Crippen LogP) is 4.50. The molecule has 0 aliphatic rings. The summed E-state index contributed by atoms with van der Waals surface area (Å²) in [7, 11) is 0. The number of benzene rings is 1. The Hall–Kier alpha value is -0.460. The molecule has 0 radical (unpaired) electrons. The second kappa shape index (κ2) is 4.69. The van der Waals surface area contributed by atoms with E-state index in [4.69, 9.17) is 23.2 Å². The zero-order chi connectivity index (χ0) is 9.84. The minimum atomic E-state index is 0.612. The summed E-state index contributed by atoms with van der Waals surface area (Å²) in [6, 6.07) is 5.74. The smallest absolute Gasteiger partial charge is 0.0595 e. The van der Waals surface area contributed by atoms with Crippen molar-refractivity contribution in [2.45, 2.75) is 19.8 Å². The molecule has 0 aromatic heterocycles. The van der Waals surface area contributed by atoms with Gasteiger partial charge < -0.3 is 0 Å². The summed E-state index contributed by atoms with van der Waals surface area (Å²) < 4.78 is 0. The second-order valence-corrected chi connectivity index (χ2v) is 4.02. The third-order valence-corrected chi connectivity index (χ3v) is 2.56. The van der Waals surface area contributed by atoms with Gasteiger partial charge in [-0.1, -0.05) is 34.8 Å². The van der Waals surface area contributed by atoms with Gasteiger partial charge in [-0.15, -0.1) is 6.58 Å². The third-order valence-electron chi connectivity index (χ3n) is 1.82. The minimum Gasteiger partial charge on any atom is -0.100 e. The van der Waals surface area contributed by atoms with Crippen molar-refractivity contribution in [3.8, 4) is 0 Å². The SMILES string of the molecule is C=C(C)CCc1ccc(Cl)c(Cl)c1. The molecule has 13 heavy (non-hydrogen) atoms. The minimum absolute atomic E-state index is 0.612. The first-order chi connectivity index (χ1) is 6.09. The lowest BCUT2D eigenvalue weighted by Crippen LogP contribution is -1.85. The van der Waals surface area contributed by atoms with Crippen molar-refractivity contribution >= 4 is 23.2 Å². The zero-order valence-corrected chi connectivity index (χ0v) is 9.12. The molecule has 1 aromatic rings. The molecule has 0 saturated carbocycles. The zero-order valence-electron chi connectivity index (χ0n) is 7.61. The maximum atomic E-state index is 5.87. The van der Waals surface area contributed by atoms with Crippen molar-refractivity contribution in [1.82, 2.24) is 0 Å². The maximum absolute atomic E-state index is 5.87. The lowest BCUT2D eigenvalue weighted by atomic mass is 10.1. The van der Waals surface area contributed by atoms with Gasteiger partial charge in [0, 0.05) is 0 Å². The molecule has 0 bridgehead atoms. The molecule has 1 aromatic carbocycles. The average molecular weight is 215 g/mol. The molecule has 0 atom stereocenters. The topological polar surface area (TPSA) is 0 Å². The van der Waals surface area contributed by atoms with E-state index in [1.807, 2.05) is 25.1 Å². The largest absolute Gasteiger partial charge is 0.100 e. The van der Waals surface area contributed by atoms with E-state index in [0.29, 0.717) is 10.0 Å². The Labute approximate surface area is 89.2 Å². The van der Waals surface area contributed by atoms with Crippen LogP contribution in [0.2, 0.25) is 10.0 Å². The molecule has 0 heterocycles. The average Bonchev–Trinajstić information content (AvgIpc) is 2.07. The molecule has 0 aliphatic heterocycles. The molecular formula is C11H12Cl2. The molecule has 70 valence electrons. The highest BCUT2D eigenvalue weighted by Gasteiger charge is 1.99.